The van der Waals surface area contributed by atoms with Crippen molar-refractivity contribution in [3.63, 3.8) is 0 Å². The predicted octanol–water partition coefficient (Wildman–Crippen LogP) is 3.39. The minimum atomic E-state index is -0.289. The van der Waals surface area contributed by atoms with Gasteiger partial charge in [0.1, 0.15) is 18.2 Å². The average Bonchev–Trinajstić information content (AvgIpc) is 3.07. The molecular formula is C20H14N4O. The van der Waals surface area contributed by atoms with Gasteiger partial charge in [-0.25, -0.2) is 0 Å². The van der Waals surface area contributed by atoms with Gasteiger partial charge in [0.25, 0.3) is 0 Å². The Morgan fingerprint density at radius 3 is 2.28 bits per heavy atom. The standard InChI is InChI=1S/C20H14N4O/c21-10-15-6-8-17(9-7-15)19-14-24(13-16-4-2-1-3-5-16)20(25-19)18(11-22)12-23/h1-9,19H,13-14H2. The molecule has 1 aliphatic heterocycles. The third-order valence-electron chi connectivity index (χ3n) is 3.99. The maximum Gasteiger partial charge on any atom is 0.219 e. The van der Waals surface area contributed by atoms with E-state index in [1.165, 1.54) is 0 Å². The van der Waals surface area contributed by atoms with Gasteiger partial charge in [-0.15, -0.1) is 0 Å². The van der Waals surface area contributed by atoms with Crippen molar-refractivity contribution >= 4 is 0 Å². The van der Waals surface area contributed by atoms with Gasteiger partial charge in [0.05, 0.1) is 18.2 Å². The molecule has 2 aromatic carbocycles. The van der Waals surface area contributed by atoms with Crippen molar-refractivity contribution in [3.05, 3.63) is 82.7 Å². The average molecular weight is 326 g/mol. The number of allylic oxidation sites excluding steroid dienone is 1. The van der Waals surface area contributed by atoms with Crippen molar-refractivity contribution < 1.29 is 4.74 Å². The summed E-state index contributed by atoms with van der Waals surface area (Å²) in [5.41, 5.74) is 2.52. The van der Waals surface area contributed by atoms with Gasteiger partial charge in [-0.05, 0) is 23.3 Å². The lowest BCUT2D eigenvalue weighted by atomic mass is 10.1. The van der Waals surface area contributed by atoms with Crippen molar-refractivity contribution in [1.82, 2.24) is 4.90 Å². The monoisotopic (exact) mass is 326 g/mol. The maximum absolute atomic E-state index is 9.22. The van der Waals surface area contributed by atoms with E-state index < -0.39 is 0 Å². The highest BCUT2D eigenvalue weighted by atomic mass is 16.5. The van der Waals surface area contributed by atoms with Crippen LogP contribution in [-0.4, -0.2) is 11.4 Å². The van der Waals surface area contributed by atoms with Crippen LogP contribution in [0.1, 0.15) is 22.8 Å². The molecule has 0 saturated carbocycles. The van der Waals surface area contributed by atoms with Gasteiger partial charge in [-0.3, -0.25) is 0 Å². The number of hydrogen-bond donors (Lipinski definition) is 0. The Morgan fingerprint density at radius 1 is 1.00 bits per heavy atom. The van der Waals surface area contributed by atoms with Crippen LogP contribution in [0.4, 0.5) is 0 Å². The van der Waals surface area contributed by atoms with E-state index in [0.29, 0.717) is 24.5 Å². The highest BCUT2D eigenvalue weighted by molar-refractivity contribution is 5.40. The van der Waals surface area contributed by atoms with E-state index in [4.69, 9.17) is 10.00 Å². The van der Waals surface area contributed by atoms with Crippen LogP contribution in [0, 0.1) is 34.0 Å². The summed E-state index contributed by atoms with van der Waals surface area (Å²) >= 11 is 0. The third-order valence-corrected chi connectivity index (χ3v) is 3.99. The van der Waals surface area contributed by atoms with E-state index in [9.17, 15) is 10.5 Å². The van der Waals surface area contributed by atoms with Crippen LogP contribution in [0.25, 0.3) is 0 Å². The molecule has 5 nitrogen and oxygen atoms in total. The van der Waals surface area contributed by atoms with Gasteiger partial charge >= 0.3 is 0 Å². The van der Waals surface area contributed by atoms with Crippen molar-refractivity contribution in [1.29, 1.82) is 15.8 Å². The summed E-state index contributed by atoms with van der Waals surface area (Å²) in [5.74, 6) is 0.309. The first kappa shape index (κ1) is 16.1. The molecule has 3 rings (SSSR count). The number of ether oxygens (including phenoxy) is 1. The van der Waals surface area contributed by atoms with Crippen LogP contribution in [0.2, 0.25) is 0 Å². The second-order valence-corrected chi connectivity index (χ2v) is 5.61. The zero-order chi connectivity index (χ0) is 17.6. The molecular weight excluding hydrogens is 312 g/mol. The molecule has 0 N–H and O–H groups in total. The van der Waals surface area contributed by atoms with Crippen molar-refractivity contribution in [2.75, 3.05) is 6.54 Å². The maximum atomic E-state index is 9.22. The molecule has 1 heterocycles. The molecule has 1 saturated heterocycles. The smallest absolute Gasteiger partial charge is 0.219 e. The molecule has 0 spiro atoms. The summed E-state index contributed by atoms with van der Waals surface area (Å²) < 4.78 is 5.93. The van der Waals surface area contributed by atoms with E-state index in [2.05, 4.69) is 6.07 Å². The number of benzene rings is 2. The highest BCUT2D eigenvalue weighted by Crippen LogP contribution is 2.34. The largest absolute Gasteiger partial charge is 0.467 e. The SMILES string of the molecule is N#CC(C#N)=C1OC(c2ccc(C#N)cc2)CN1Cc1ccccc1. The fourth-order valence-electron chi connectivity index (χ4n) is 2.75. The summed E-state index contributed by atoms with van der Waals surface area (Å²) in [6, 6.07) is 22.9. The number of rotatable bonds is 3. The molecule has 1 atom stereocenters. The number of nitriles is 3. The highest BCUT2D eigenvalue weighted by Gasteiger charge is 2.32. The second-order valence-electron chi connectivity index (χ2n) is 5.61. The molecule has 5 heteroatoms. The normalized spacial score (nSPS) is 15.6. The third kappa shape index (κ3) is 3.44. The van der Waals surface area contributed by atoms with Crippen LogP contribution in [0.3, 0.4) is 0 Å². The molecule has 25 heavy (non-hydrogen) atoms. The first-order valence-corrected chi connectivity index (χ1v) is 7.75. The van der Waals surface area contributed by atoms with Crippen molar-refractivity contribution in [3.8, 4) is 18.2 Å². The summed E-state index contributed by atoms with van der Waals surface area (Å²) in [7, 11) is 0. The van der Waals surface area contributed by atoms with Crippen LogP contribution in [-0.2, 0) is 11.3 Å². The Hall–Kier alpha value is -3.75. The molecule has 0 radical (unpaired) electrons. The topological polar surface area (TPSA) is 83.8 Å². The lowest BCUT2D eigenvalue weighted by Crippen LogP contribution is -2.19. The number of nitrogens with zero attached hydrogens (tertiary/aromatic N) is 4. The molecule has 1 unspecified atom stereocenters. The summed E-state index contributed by atoms with van der Waals surface area (Å²) in [5, 5.41) is 27.4. The molecule has 0 aromatic heterocycles. The van der Waals surface area contributed by atoms with Gasteiger partial charge in [0.2, 0.25) is 5.88 Å². The molecule has 1 fully saturated rings. The predicted molar refractivity (Wildman–Crippen MR) is 90.1 cm³/mol. The molecule has 0 bridgehead atoms. The van der Waals surface area contributed by atoms with Gasteiger partial charge in [0.15, 0.2) is 5.57 Å². The second kappa shape index (κ2) is 7.21. The minimum Gasteiger partial charge on any atom is -0.467 e. The molecule has 2 aromatic rings. The fourth-order valence-corrected chi connectivity index (χ4v) is 2.75. The zero-order valence-electron chi connectivity index (χ0n) is 13.4. The first-order valence-electron chi connectivity index (χ1n) is 7.75. The van der Waals surface area contributed by atoms with Crippen molar-refractivity contribution in [2.24, 2.45) is 0 Å². The summed E-state index contributed by atoms with van der Waals surface area (Å²) in [6.45, 7) is 1.08. The molecule has 0 aliphatic carbocycles. The van der Waals surface area contributed by atoms with E-state index in [0.717, 1.165) is 11.1 Å². The lowest BCUT2D eigenvalue weighted by molar-refractivity contribution is 0.160. The van der Waals surface area contributed by atoms with Crippen LogP contribution in [0.5, 0.6) is 0 Å². The Labute approximate surface area is 146 Å². The zero-order valence-corrected chi connectivity index (χ0v) is 13.4. The Kier molecular flexibility index (Phi) is 4.65. The van der Waals surface area contributed by atoms with Gasteiger partial charge in [-0.2, -0.15) is 15.8 Å². The summed E-state index contributed by atoms with van der Waals surface area (Å²) in [4.78, 5) is 1.90. The fraction of sp³-hybridized carbons (Fsp3) is 0.150. The molecule has 0 amide bonds. The Balaban J connectivity index is 1.90. The van der Waals surface area contributed by atoms with Crippen LogP contribution < -0.4 is 0 Å². The van der Waals surface area contributed by atoms with Crippen LogP contribution >= 0.6 is 0 Å². The Morgan fingerprint density at radius 2 is 1.68 bits per heavy atom. The Bertz CT molecular complexity index is 895. The van der Waals surface area contributed by atoms with Gasteiger partial charge in [-0.1, -0.05) is 42.5 Å². The number of hydrogen-bond acceptors (Lipinski definition) is 5. The van der Waals surface area contributed by atoms with E-state index >= 15 is 0 Å². The van der Waals surface area contributed by atoms with Crippen molar-refractivity contribution in [2.45, 2.75) is 12.6 Å². The quantitative estimate of drug-likeness (QED) is 0.807. The van der Waals surface area contributed by atoms with Crippen LogP contribution in [0.15, 0.2) is 66.1 Å². The summed E-state index contributed by atoms with van der Waals surface area (Å²) in [6.07, 6.45) is -0.289. The minimum absolute atomic E-state index is 0.0351. The van der Waals surface area contributed by atoms with E-state index in [1.54, 1.807) is 12.1 Å². The van der Waals surface area contributed by atoms with E-state index in [-0.39, 0.29) is 11.7 Å². The van der Waals surface area contributed by atoms with E-state index in [1.807, 2.05) is 59.5 Å². The molecule has 1 aliphatic rings. The van der Waals surface area contributed by atoms with Gasteiger partial charge < -0.3 is 9.64 Å². The lowest BCUT2D eigenvalue weighted by Gasteiger charge is -2.16. The van der Waals surface area contributed by atoms with Gasteiger partial charge in [0, 0.05) is 6.54 Å². The molecule has 120 valence electrons. The first-order chi connectivity index (χ1) is 12.2.